The third-order valence-corrected chi connectivity index (χ3v) is 4.99. The van der Waals surface area contributed by atoms with E-state index < -0.39 is 11.8 Å². The summed E-state index contributed by atoms with van der Waals surface area (Å²) in [6, 6.07) is 21.0. The van der Waals surface area contributed by atoms with Gasteiger partial charge in [-0.15, -0.1) is 0 Å². The Morgan fingerprint density at radius 2 is 1.19 bits per heavy atom. The summed E-state index contributed by atoms with van der Waals surface area (Å²) in [4.78, 5) is 37.0. The van der Waals surface area contributed by atoms with E-state index in [1.807, 2.05) is 31.2 Å². The number of rotatable bonds is 4. The molecular weight excluding hydrogens is 402 g/mol. The van der Waals surface area contributed by atoms with Crippen molar-refractivity contribution in [3.63, 3.8) is 0 Å². The van der Waals surface area contributed by atoms with E-state index in [-0.39, 0.29) is 11.3 Å². The summed E-state index contributed by atoms with van der Waals surface area (Å²) >= 11 is 0. The van der Waals surface area contributed by atoms with Gasteiger partial charge < -0.3 is 5.32 Å². The van der Waals surface area contributed by atoms with E-state index in [9.17, 15) is 14.4 Å². The maximum absolute atomic E-state index is 12.3. The number of aryl methyl sites for hydroxylation is 1. The van der Waals surface area contributed by atoms with Gasteiger partial charge in [0.25, 0.3) is 17.7 Å². The van der Waals surface area contributed by atoms with Crippen LogP contribution in [0.2, 0.25) is 0 Å². The van der Waals surface area contributed by atoms with Gasteiger partial charge in [-0.1, -0.05) is 50.6 Å². The highest BCUT2D eigenvalue weighted by Crippen LogP contribution is 2.22. The van der Waals surface area contributed by atoms with Crippen molar-refractivity contribution in [1.82, 2.24) is 10.9 Å². The molecule has 32 heavy (non-hydrogen) atoms. The van der Waals surface area contributed by atoms with E-state index in [0.29, 0.717) is 22.4 Å². The molecule has 0 radical (unpaired) electrons. The lowest BCUT2D eigenvalue weighted by Crippen LogP contribution is -2.41. The maximum Gasteiger partial charge on any atom is 0.269 e. The highest BCUT2D eigenvalue weighted by molar-refractivity contribution is 6.05. The van der Waals surface area contributed by atoms with Crippen LogP contribution in [0.1, 0.15) is 63.0 Å². The smallest absolute Gasteiger partial charge is 0.269 e. The molecule has 3 aromatic rings. The van der Waals surface area contributed by atoms with Gasteiger partial charge in [-0.2, -0.15) is 0 Å². The van der Waals surface area contributed by atoms with Crippen LogP contribution in [0.25, 0.3) is 0 Å². The predicted molar refractivity (Wildman–Crippen MR) is 126 cm³/mol. The van der Waals surface area contributed by atoms with Gasteiger partial charge in [0.15, 0.2) is 0 Å². The Hall–Kier alpha value is -3.93. The Balaban J connectivity index is 1.55. The molecule has 0 saturated carbocycles. The normalized spacial score (nSPS) is 10.9. The first kappa shape index (κ1) is 22.7. The van der Waals surface area contributed by atoms with E-state index in [4.69, 9.17) is 0 Å². The van der Waals surface area contributed by atoms with E-state index in [1.54, 1.807) is 48.5 Å². The molecule has 0 bridgehead atoms. The van der Waals surface area contributed by atoms with Crippen LogP contribution in [-0.4, -0.2) is 17.7 Å². The number of carbonyl (C=O) groups is 3. The molecule has 3 rings (SSSR count). The van der Waals surface area contributed by atoms with Gasteiger partial charge in [-0.3, -0.25) is 25.2 Å². The van der Waals surface area contributed by atoms with Crippen LogP contribution < -0.4 is 16.2 Å². The van der Waals surface area contributed by atoms with Crippen molar-refractivity contribution in [2.24, 2.45) is 0 Å². The zero-order valence-corrected chi connectivity index (χ0v) is 18.7. The Morgan fingerprint density at radius 1 is 0.656 bits per heavy atom. The number of hydrazine groups is 1. The predicted octanol–water partition coefficient (Wildman–Crippen LogP) is 4.62. The van der Waals surface area contributed by atoms with E-state index in [1.165, 1.54) is 0 Å². The van der Waals surface area contributed by atoms with E-state index in [2.05, 4.69) is 36.9 Å². The first-order chi connectivity index (χ1) is 15.1. The molecule has 3 aromatic carbocycles. The summed E-state index contributed by atoms with van der Waals surface area (Å²) in [5.74, 6) is -1.09. The molecule has 0 aliphatic rings. The first-order valence-corrected chi connectivity index (χ1v) is 10.3. The Labute approximate surface area is 188 Å². The number of amides is 3. The third kappa shape index (κ3) is 5.82. The standard InChI is InChI=1S/C26H27N3O3/c1-17-6-5-7-20(16-17)23(30)27-22-14-10-19(11-15-22)25(32)29-28-24(31)18-8-12-21(13-9-18)26(2,3)4/h5-16H,1-4H3,(H,27,30)(H,28,31)(H,29,32). The number of hydrogen-bond acceptors (Lipinski definition) is 3. The van der Waals surface area contributed by atoms with Crippen molar-refractivity contribution in [2.75, 3.05) is 5.32 Å². The van der Waals surface area contributed by atoms with Crippen LogP contribution >= 0.6 is 0 Å². The van der Waals surface area contributed by atoms with Crippen LogP contribution in [-0.2, 0) is 5.41 Å². The molecule has 3 amide bonds. The fourth-order valence-corrected chi connectivity index (χ4v) is 3.07. The summed E-state index contributed by atoms with van der Waals surface area (Å²) in [5, 5.41) is 2.80. The molecule has 164 valence electrons. The molecule has 0 atom stereocenters. The monoisotopic (exact) mass is 429 g/mol. The van der Waals surface area contributed by atoms with E-state index in [0.717, 1.165) is 11.1 Å². The summed E-state index contributed by atoms with van der Waals surface area (Å²) in [6.45, 7) is 8.22. The lowest BCUT2D eigenvalue weighted by Gasteiger charge is -2.19. The fraction of sp³-hybridized carbons (Fsp3) is 0.192. The zero-order chi connectivity index (χ0) is 23.3. The van der Waals surface area contributed by atoms with Crippen molar-refractivity contribution in [1.29, 1.82) is 0 Å². The minimum atomic E-state index is -0.457. The molecule has 6 nitrogen and oxygen atoms in total. The molecule has 0 spiro atoms. The molecule has 0 saturated heterocycles. The topological polar surface area (TPSA) is 87.3 Å². The third-order valence-electron chi connectivity index (χ3n) is 4.99. The lowest BCUT2D eigenvalue weighted by molar-refractivity contribution is 0.0846. The molecule has 0 aliphatic heterocycles. The van der Waals surface area contributed by atoms with Crippen LogP contribution in [0, 0.1) is 6.92 Å². The minimum absolute atomic E-state index is 0.00507. The van der Waals surface area contributed by atoms with Gasteiger partial charge in [0.05, 0.1) is 0 Å². The van der Waals surface area contributed by atoms with Gasteiger partial charge in [0.2, 0.25) is 0 Å². The zero-order valence-electron chi connectivity index (χ0n) is 18.7. The molecule has 0 fully saturated rings. The highest BCUT2D eigenvalue weighted by atomic mass is 16.2. The van der Waals surface area contributed by atoms with Gasteiger partial charge >= 0.3 is 0 Å². The highest BCUT2D eigenvalue weighted by Gasteiger charge is 2.15. The summed E-state index contributed by atoms with van der Waals surface area (Å²) < 4.78 is 0. The first-order valence-electron chi connectivity index (χ1n) is 10.3. The molecule has 3 N–H and O–H groups in total. The van der Waals surface area contributed by atoms with Crippen LogP contribution in [0.5, 0.6) is 0 Å². The second kappa shape index (κ2) is 9.47. The Morgan fingerprint density at radius 3 is 1.69 bits per heavy atom. The summed E-state index contributed by atoms with van der Waals surface area (Å²) in [7, 11) is 0. The van der Waals surface area contributed by atoms with Gasteiger partial charge in [0.1, 0.15) is 0 Å². The molecule has 0 unspecified atom stereocenters. The van der Waals surface area contributed by atoms with Crippen molar-refractivity contribution in [3.05, 3.63) is 101 Å². The fourth-order valence-electron chi connectivity index (χ4n) is 3.07. The molecule has 0 heterocycles. The molecule has 0 aromatic heterocycles. The van der Waals surface area contributed by atoms with Crippen LogP contribution in [0.3, 0.4) is 0 Å². The SMILES string of the molecule is Cc1cccc(C(=O)Nc2ccc(C(=O)NNC(=O)c3ccc(C(C)(C)C)cc3)cc2)c1. The number of benzene rings is 3. The second-order valence-electron chi connectivity index (χ2n) is 8.64. The lowest BCUT2D eigenvalue weighted by atomic mass is 9.87. The minimum Gasteiger partial charge on any atom is -0.322 e. The van der Waals surface area contributed by atoms with Crippen LogP contribution in [0.15, 0.2) is 72.8 Å². The average molecular weight is 430 g/mol. The largest absolute Gasteiger partial charge is 0.322 e. The summed E-state index contributed by atoms with van der Waals surface area (Å²) in [6.07, 6.45) is 0. The van der Waals surface area contributed by atoms with Gasteiger partial charge in [-0.05, 0) is 66.4 Å². The number of hydrogen-bond donors (Lipinski definition) is 3. The number of carbonyl (C=O) groups excluding carboxylic acids is 3. The molecular formula is C26H27N3O3. The van der Waals surface area contributed by atoms with Crippen molar-refractivity contribution >= 4 is 23.4 Å². The molecule has 0 aliphatic carbocycles. The average Bonchev–Trinajstić information content (AvgIpc) is 2.77. The van der Waals surface area contributed by atoms with Gasteiger partial charge in [-0.25, -0.2) is 0 Å². The maximum atomic E-state index is 12.3. The second-order valence-corrected chi connectivity index (χ2v) is 8.64. The number of anilines is 1. The van der Waals surface area contributed by atoms with Crippen molar-refractivity contribution in [3.8, 4) is 0 Å². The van der Waals surface area contributed by atoms with E-state index >= 15 is 0 Å². The molecule has 6 heteroatoms. The summed E-state index contributed by atoms with van der Waals surface area (Å²) in [5.41, 5.74) is 8.87. The number of nitrogens with one attached hydrogen (secondary N) is 3. The van der Waals surface area contributed by atoms with Crippen molar-refractivity contribution < 1.29 is 14.4 Å². The van der Waals surface area contributed by atoms with Gasteiger partial charge in [0, 0.05) is 22.4 Å². The Kier molecular flexibility index (Phi) is 6.73. The van der Waals surface area contributed by atoms with Crippen molar-refractivity contribution in [2.45, 2.75) is 33.1 Å². The van der Waals surface area contributed by atoms with Crippen LogP contribution in [0.4, 0.5) is 5.69 Å². The Bertz CT molecular complexity index is 1130. The quantitative estimate of drug-likeness (QED) is 0.529.